The van der Waals surface area contributed by atoms with Gasteiger partial charge in [-0.15, -0.1) is 0 Å². The Morgan fingerprint density at radius 1 is 1.39 bits per heavy atom. The molecule has 0 unspecified atom stereocenters. The van der Waals surface area contributed by atoms with Crippen molar-refractivity contribution >= 4 is 23.3 Å². The molecule has 1 amide bonds. The van der Waals surface area contributed by atoms with Crippen molar-refractivity contribution < 1.29 is 14.3 Å². The van der Waals surface area contributed by atoms with E-state index < -0.39 is 5.97 Å². The van der Waals surface area contributed by atoms with E-state index in [0.717, 1.165) is 18.4 Å². The summed E-state index contributed by atoms with van der Waals surface area (Å²) in [6.07, 6.45) is 1.87. The lowest BCUT2D eigenvalue weighted by Gasteiger charge is -2.12. The van der Waals surface area contributed by atoms with E-state index in [1.165, 1.54) is 13.2 Å². The van der Waals surface area contributed by atoms with E-state index in [-0.39, 0.29) is 11.8 Å². The van der Waals surface area contributed by atoms with Crippen LogP contribution in [0.15, 0.2) is 12.1 Å². The molecular weight excluding hydrogens is 232 g/mol. The van der Waals surface area contributed by atoms with Crippen molar-refractivity contribution in [1.29, 1.82) is 0 Å². The molecule has 1 fully saturated rings. The Balaban J connectivity index is 2.25. The molecule has 5 heteroatoms. The lowest BCUT2D eigenvalue weighted by molar-refractivity contribution is -0.117. The summed E-state index contributed by atoms with van der Waals surface area (Å²) in [5, 5.41) is 2.81. The maximum atomic E-state index is 11.7. The Morgan fingerprint density at radius 2 is 2.06 bits per heavy atom. The number of carbonyl (C=O) groups excluding carboxylic acids is 2. The van der Waals surface area contributed by atoms with Gasteiger partial charge in [0.05, 0.1) is 24.0 Å². The number of esters is 1. The summed E-state index contributed by atoms with van der Waals surface area (Å²) in [5.74, 6) is -0.329. The zero-order chi connectivity index (χ0) is 13.3. The van der Waals surface area contributed by atoms with E-state index in [0.29, 0.717) is 16.9 Å². The zero-order valence-corrected chi connectivity index (χ0v) is 10.4. The molecule has 0 aliphatic heterocycles. The van der Waals surface area contributed by atoms with Crippen LogP contribution in [0.25, 0.3) is 0 Å². The molecule has 1 aromatic rings. The Kier molecular flexibility index (Phi) is 3.23. The molecule has 1 saturated carbocycles. The molecule has 0 atom stereocenters. The monoisotopic (exact) mass is 248 g/mol. The number of ether oxygens (including phenoxy) is 1. The number of anilines is 2. The first-order valence-electron chi connectivity index (χ1n) is 5.82. The summed E-state index contributed by atoms with van der Waals surface area (Å²) >= 11 is 0. The minimum Gasteiger partial charge on any atom is -0.465 e. The quantitative estimate of drug-likeness (QED) is 0.630. The molecule has 1 aliphatic rings. The summed E-state index contributed by atoms with van der Waals surface area (Å²) in [6, 6.07) is 3.17. The van der Waals surface area contributed by atoms with E-state index >= 15 is 0 Å². The van der Waals surface area contributed by atoms with Crippen LogP contribution in [0.5, 0.6) is 0 Å². The van der Waals surface area contributed by atoms with Gasteiger partial charge in [0.15, 0.2) is 0 Å². The fraction of sp³-hybridized carbons (Fsp3) is 0.385. The minimum absolute atomic E-state index is 0.00406. The van der Waals surface area contributed by atoms with Gasteiger partial charge >= 0.3 is 5.97 Å². The summed E-state index contributed by atoms with van der Waals surface area (Å²) in [6.45, 7) is 1.80. The number of hydrogen-bond acceptors (Lipinski definition) is 4. The standard InChI is InChI=1S/C13H16N2O3/c1-7-5-9(13(17)18-2)6-10(14)11(7)15-12(16)8-3-4-8/h5-6,8H,3-4,14H2,1-2H3,(H,15,16). The number of hydrogen-bond donors (Lipinski definition) is 2. The molecule has 0 radical (unpaired) electrons. The first kappa shape index (κ1) is 12.4. The van der Waals surface area contributed by atoms with Gasteiger partial charge in [0.2, 0.25) is 5.91 Å². The smallest absolute Gasteiger partial charge is 0.337 e. The topological polar surface area (TPSA) is 81.4 Å². The third-order valence-corrected chi connectivity index (χ3v) is 2.98. The third-order valence-electron chi connectivity index (χ3n) is 2.98. The molecule has 0 aromatic heterocycles. The van der Waals surface area contributed by atoms with E-state index in [4.69, 9.17) is 5.73 Å². The van der Waals surface area contributed by atoms with Crippen LogP contribution in [0, 0.1) is 12.8 Å². The van der Waals surface area contributed by atoms with Gasteiger partial charge in [0, 0.05) is 5.92 Å². The molecule has 0 saturated heterocycles. The predicted octanol–water partition coefficient (Wildman–Crippen LogP) is 1.71. The van der Waals surface area contributed by atoms with Crippen molar-refractivity contribution in [3.63, 3.8) is 0 Å². The molecule has 1 aliphatic carbocycles. The molecular formula is C13H16N2O3. The molecule has 3 N–H and O–H groups in total. The highest BCUT2D eigenvalue weighted by Gasteiger charge is 2.30. The fourth-order valence-corrected chi connectivity index (χ4v) is 1.79. The van der Waals surface area contributed by atoms with Gasteiger partial charge in [-0.2, -0.15) is 0 Å². The fourth-order valence-electron chi connectivity index (χ4n) is 1.79. The Morgan fingerprint density at radius 3 is 2.56 bits per heavy atom. The summed E-state index contributed by atoms with van der Waals surface area (Å²) in [4.78, 5) is 23.1. The van der Waals surface area contributed by atoms with Crippen LogP contribution >= 0.6 is 0 Å². The summed E-state index contributed by atoms with van der Waals surface area (Å²) in [7, 11) is 1.32. The molecule has 0 bridgehead atoms. The van der Waals surface area contributed by atoms with Crippen LogP contribution in [-0.4, -0.2) is 19.0 Å². The van der Waals surface area contributed by atoms with Crippen LogP contribution in [-0.2, 0) is 9.53 Å². The molecule has 96 valence electrons. The number of nitrogen functional groups attached to an aromatic ring is 1. The Labute approximate surface area is 105 Å². The largest absolute Gasteiger partial charge is 0.465 e. The number of nitrogens with two attached hydrogens (primary N) is 1. The number of carbonyl (C=O) groups is 2. The van der Waals surface area contributed by atoms with E-state index in [1.807, 2.05) is 0 Å². The maximum Gasteiger partial charge on any atom is 0.337 e. The van der Waals surface area contributed by atoms with Gasteiger partial charge in [-0.05, 0) is 37.5 Å². The van der Waals surface area contributed by atoms with Crippen LogP contribution < -0.4 is 11.1 Å². The van der Waals surface area contributed by atoms with Gasteiger partial charge in [-0.1, -0.05) is 0 Å². The molecule has 0 heterocycles. The second-order valence-corrected chi connectivity index (χ2v) is 4.51. The average molecular weight is 248 g/mol. The highest BCUT2D eigenvalue weighted by Crippen LogP contribution is 2.32. The predicted molar refractivity (Wildman–Crippen MR) is 68.3 cm³/mol. The molecule has 0 spiro atoms. The molecule has 5 nitrogen and oxygen atoms in total. The van der Waals surface area contributed by atoms with Crippen molar-refractivity contribution in [3.05, 3.63) is 23.3 Å². The number of nitrogens with one attached hydrogen (secondary N) is 1. The average Bonchev–Trinajstić information content (AvgIpc) is 3.16. The van der Waals surface area contributed by atoms with Gasteiger partial charge < -0.3 is 15.8 Å². The maximum absolute atomic E-state index is 11.7. The van der Waals surface area contributed by atoms with Crippen LogP contribution in [0.3, 0.4) is 0 Å². The van der Waals surface area contributed by atoms with Crippen molar-refractivity contribution in [2.24, 2.45) is 5.92 Å². The van der Waals surface area contributed by atoms with Gasteiger partial charge in [-0.3, -0.25) is 4.79 Å². The first-order chi connectivity index (χ1) is 8.52. The highest BCUT2D eigenvalue weighted by atomic mass is 16.5. The molecule has 1 aromatic carbocycles. The van der Waals surface area contributed by atoms with Gasteiger partial charge in [0.25, 0.3) is 0 Å². The van der Waals surface area contributed by atoms with E-state index in [1.54, 1.807) is 13.0 Å². The summed E-state index contributed by atoms with van der Waals surface area (Å²) in [5.41, 5.74) is 7.96. The van der Waals surface area contributed by atoms with Gasteiger partial charge in [-0.25, -0.2) is 4.79 Å². The van der Waals surface area contributed by atoms with Crippen LogP contribution in [0.4, 0.5) is 11.4 Å². The van der Waals surface area contributed by atoms with Crippen molar-refractivity contribution in [2.45, 2.75) is 19.8 Å². The first-order valence-corrected chi connectivity index (χ1v) is 5.82. The second-order valence-electron chi connectivity index (χ2n) is 4.51. The number of aryl methyl sites for hydroxylation is 1. The summed E-state index contributed by atoms with van der Waals surface area (Å²) < 4.78 is 4.63. The third kappa shape index (κ3) is 2.45. The van der Waals surface area contributed by atoms with Crippen LogP contribution in [0.2, 0.25) is 0 Å². The number of methoxy groups -OCH3 is 1. The minimum atomic E-state index is -0.440. The van der Waals surface area contributed by atoms with Crippen molar-refractivity contribution in [2.75, 3.05) is 18.2 Å². The second kappa shape index (κ2) is 4.68. The van der Waals surface area contributed by atoms with Crippen LogP contribution in [0.1, 0.15) is 28.8 Å². The van der Waals surface area contributed by atoms with E-state index in [2.05, 4.69) is 10.1 Å². The van der Waals surface area contributed by atoms with E-state index in [9.17, 15) is 9.59 Å². The lowest BCUT2D eigenvalue weighted by atomic mass is 10.1. The lowest BCUT2D eigenvalue weighted by Crippen LogP contribution is -2.16. The molecule has 18 heavy (non-hydrogen) atoms. The van der Waals surface area contributed by atoms with Gasteiger partial charge in [0.1, 0.15) is 0 Å². The highest BCUT2D eigenvalue weighted by molar-refractivity contribution is 5.99. The van der Waals surface area contributed by atoms with Crippen molar-refractivity contribution in [1.82, 2.24) is 0 Å². The van der Waals surface area contributed by atoms with Crippen molar-refractivity contribution in [3.8, 4) is 0 Å². The Hall–Kier alpha value is -2.04. The number of rotatable bonds is 3. The molecule has 2 rings (SSSR count). The number of benzene rings is 1. The normalized spacial score (nSPS) is 14.1. The number of amides is 1. The SMILES string of the molecule is COC(=O)c1cc(C)c(NC(=O)C2CC2)c(N)c1. The Bertz CT molecular complexity index is 484. The zero-order valence-electron chi connectivity index (χ0n) is 10.4.